The molecule has 0 fully saturated rings. The van der Waals surface area contributed by atoms with Gasteiger partial charge in [-0.25, -0.2) is 9.97 Å². The Morgan fingerprint density at radius 2 is 1.90 bits per heavy atom. The van der Waals surface area contributed by atoms with Gasteiger partial charge in [-0.15, -0.1) is 0 Å². The normalized spacial score (nSPS) is 15.3. The van der Waals surface area contributed by atoms with E-state index >= 15 is 0 Å². The average Bonchev–Trinajstić information content (AvgIpc) is 2.79. The zero-order chi connectivity index (χ0) is 20.2. The molecule has 1 aromatic carbocycles. The van der Waals surface area contributed by atoms with Gasteiger partial charge in [-0.2, -0.15) is 0 Å². The molecule has 2 aromatic heterocycles. The lowest BCUT2D eigenvalue weighted by atomic mass is 9.92. The van der Waals surface area contributed by atoms with E-state index < -0.39 is 0 Å². The average molecular weight is 390 g/mol. The number of benzene rings is 1. The first-order valence-electron chi connectivity index (χ1n) is 9.48. The number of hydrogen-bond acceptors (Lipinski definition) is 6. The number of fused-ring (bicyclic) bond motifs is 1. The van der Waals surface area contributed by atoms with Crippen LogP contribution in [0.1, 0.15) is 40.5 Å². The van der Waals surface area contributed by atoms with Gasteiger partial charge >= 0.3 is 0 Å². The molecule has 2 heterocycles. The van der Waals surface area contributed by atoms with Crippen molar-refractivity contribution in [2.24, 2.45) is 0 Å². The summed E-state index contributed by atoms with van der Waals surface area (Å²) in [5, 5.41) is 3.11. The fourth-order valence-corrected chi connectivity index (χ4v) is 3.56. The summed E-state index contributed by atoms with van der Waals surface area (Å²) >= 11 is 0. The third-order valence-corrected chi connectivity index (χ3v) is 5.07. The second kappa shape index (κ2) is 8.26. The molecule has 0 saturated carbocycles. The summed E-state index contributed by atoms with van der Waals surface area (Å²) < 4.78 is 10.5. The smallest absolute Gasteiger partial charge is 0.251 e. The van der Waals surface area contributed by atoms with Crippen LogP contribution in [-0.4, -0.2) is 35.1 Å². The summed E-state index contributed by atoms with van der Waals surface area (Å²) in [5.74, 6) is 1.62. The van der Waals surface area contributed by atoms with Gasteiger partial charge in [0.2, 0.25) is 0 Å². The van der Waals surface area contributed by atoms with Gasteiger partial charge in [0.15, 0.2) is 17.3 Å². The number of hydrogen-bond donors (Lipinski definition) is 1. The third kappa shape index (κ3) is 3.89. The maximum Gasteiger partial charge on any atom is 0.251 e. The first kappa shape index (κ1) is 18.9. The Bertz CT molecular complexity index is 1020. The molecule has 0 saturated heterocycles. The molecule has 29 heavy (non-hydrogen) atoms. The molecule has 1 unspecified atom stereocenters. The molecule has 7 heteroatoms. The van der Waals surface area contributed by atoms with Crippen molar-refractivity contribution >= 4 is 5.91 Å². The van der Waals surface area contributed by atoms with Crippen molar-refractivity contribution in [1.29, 1.82) is 0 Å². The minimum absolute atomic E-state index is 0.120. The molecule has 0 radical (unpaired) electrons. The largest absolute Gasteiger partial charge is 0.493 e. The number of nitrogens with one attached hydrogen (secondary N) is 1. The maximum absolute atomic E-state index is 12.8. The lowest BCUT2D eigenvalue weighted by Gasteiger charge is -2.25. The van der Waals surface area contributed by atoms with Crippen molar-refractivity contribution in [1.82, 2.24) is 20.3 Å². The van der Waals surface area contributed by atoms with E-state index in [-0.39, 0.29) is 11.9 Å². The third-order valence-electron chi connectivity index (χ3n) is 5.07. The number of aromatic nitrogens is 3. The zero-order valence-corrected chi connectivity index (χ0v) is 16.4. The number of ether oxygens (including phenoxy) is 2. The molecule has 0 spiro atoms. The molecular formula is C22H22N4O3. The molecule has 1 N–H and O–H groups in total. The van der Waals surface area contributed by atoms with Gasteiger partial charge in [-0.3, -0.25) is 9.78 Å². The molecule has 4 rings (SSSR count). The number of nitrogens with zero attached hydrogens (tertiary/aromatic N) is 3. The Morgan fingerprint density at radius 1 is 1.10 bits per heavy atom. The number of methoxy groups -OCH3 is 2. The monoisotopic (exact) mass is 390 g/mol. The van der Waals surface area contributed by atoms with Gasteiger partial charge < -0.3 is 14.8 Å². The Morgan fingerprint density at radius 3 is 2.66 bits per heavy atom. The second-order valence-electron chi connectivity index (χ2n) is 6.82. The van der Waals surface area contributed by atoms with Gasteiger partial charge in [-0.1, -0.05) is 0 Å². The molecular weight excluding hydrogens is 368 g/mol. The van der Waals surface area contributed by atoms with Crippen molar-refractivity contribution in [2.75, 3.05) is 14.2 Å². The van der Waals surface area contributed by atoms with E-state index in [2.05, 4.69) is 15.3 Å². The summed E-state index contributed by atoms with van der Waals surface area (Å²) in [4.78, 5) is 26.1. The first-order valence-corrected chi connectivity index (χ1v) is 9.48. The molecule has 148 valence electrons. The van der Waals surface area contributed by atoms with Crippen molar-refractivity contribution in [3.63, 3.8) is 0 Å². The Balaban J connectivity index is 1.56. The molecule has 1 aliphatic rings. The van der Waals surface area contributed by atoms with E-state index in [9.17, 15) is 4.79 Å². The van der Waals surface area contributed by atoms with Crippen LogP contribution in [0.25, 0.3) is 11.4 Å². The van der Waals surface area contributed by atoms with Crippen LogP contribution in [-0.2, 0) is 6.42 Å². The van der Waals surface area contributed by atoms with E-state index in [4.69, 9.17) is 14.5 Å². The minimum atomic E-state index is -0.165. The molecule has 1 amide bonds. The molecule has 0 aliphatic heterocycles. The van der Waals surface area contributed by atoms with Crippen LogP contribution in [0.4, 0.5) is 0 Å². The fraction of sp³-hybridized carbons (Fsp3) is 0.273. The lowest BCUT2D eigenvalue weighted by Crippen LogP contribution is -2.31. The van der Waals surface area contributed by atoms with E-state index in [1.807, 2.05) is 18.3 Å². The number of carbonyl (C=O) groups is 1. The number of carbonyl (C=O) groups excluding carboxylic acids is 1. The molecule has 0 bridgehead atoms. The van der Waals surface area contributed by atoms with Crippen molar-refractivity contribution in [3.8, 4) is 22.9 Å². The van der Waals surface area contributed by atoms with Crippen LogP contribution in [0.15, 0.2) is 48.9 Å². The van der Waals surface area contributed by atoms with Crippen LogP contribution in [0.3, 0.4) is 0 Å². The first-order chi connectivity index (χ1) is 14.2. The highest BCUT2D eigenvalue weighted by molar-refractivity contribution is 5.95. The Kier molecular flexibility index (Phi) is 5.37. The van der Waals surface area contributed by atoms with E-state index in [1.54, 1.807) is 44.8 Å². The Hall–Kier alpha value is -3.48. The summed E-state index contributed by atoms with van der Waals surface area (Å²) in [7, 11) is 3.12. The molecule has 3 aromatic rings. The summed E-state index contributed by atoms with van der Waals surface area (Å²) in [6.45, 7) is 0. The highest BCUT2D eigenvalue weighted by Crippen LogP contribution is 2.31. The SMILES string of the molecule is COc1ccc(C(=O)NC2CCCc3nc(-c4ccncc4)ncc32)cc1OC. The van der Waals surface area contributed by atoms with E-state index in [0.717, 1.165) is 36.1 Å². The summed E-state index contributed by atoms with van der Waals surface area (Å²) in [6, 6.07) is 8.80. The highest BCUT2D eigenvalue weighted by atomic mass is 16.5. The van der Waals surface area contributed by atoms with Crippen molar-refractivity contribution in [2.45, 2.75) is 25.3 Å². The molecule has 7 nitrogen and oxygen atoms in total. The van der Waals surface area contributed by atoms with Crippen LogP contribution in [0.2, 0.25) is 0 Å². The topological polar surface area (TPSA) is 86.2 Å². The maximum atomic E-state index is 12.8. The Labute approximate surface area is 169 Å². The van der Waals surface area contributed by atoms with Gasteiger partial charge in [0.25, 0.3) is 5.91 Å². The van der Waals surface area contributed by atoms with Crippen LogP contribution >= 0.6 is 0 Å². The van der Waals surface area contributed by atoms with Crippen molar-refractivity contribution < 1.29 is 14.3 Å². The highest BCUT2D eigenvalue weighted by Gasteiger charge is 2.25. The number of amides is 1. The van der Waals surface area contributed by atoms with Crippen LogP contribution < -0.4 is 14.8 Å². The molecule has 1 aliphatic carbocycles. The number of rotatable bonds is 5. The number of aryl methyl sites for hydroxylation is 1. The predicted molar refractivity (Wildman–Crippen MR) is 108 cm³/mol. The second-order valence-corrected chi connectivity index (χ2v) is 6.82. The van der Waals surface area contributed by atoms with E-state index in [0.29, 0.717) is 22.9 Å². The van der Waals surface area contributed by atoms with Gasteiger partial charge in [-0.05, 0) is 49.6 Å². The van der Waals surface area contributed by atoms with Gasteiger partial charge in [0, 0.05) is 41.0 Å². The van der Waals surface area contributed by atoms with Crippen molar-refractivity contribution in [3.05, 3.63) is 65.7 Å². The van der Waals surface area contributed by atoms with Gasteiger partial charge in [0.1, 0.15) is 0 Å². The summed E-state index contributed by atoms with van der Waals surface area (Å²) in [5.41, 5.74) is 3.40. The predicted octanol–water partition coefficient (Wildman–Crippen LogP) is 3.36. The fourth-order valence-electron chi connectivity index (χ4n) is 3.56. The quantitative estimate of drug-likeness (QED) is 0.719. The molecule has 1 atom stereocenters. The zero-order valence-electron chi connectivity index (χ0n) is 16.4. The lowest BCUT2D eigenvalue weighted by molar-refractivity contribution is 0.0932. The van der Waals surface area contributed by atoms with E-state index in [1.165, 1.54) is 0 Å². The number of pyridine rings is 1. The van der Waals surface area contributed by atoms with Gasteiger partial charge in [0.05, 0.1) is 20.3 Å². The minimum Gasteiger partial charge on any atom is -0.493 e. The standard InChI is InChI=1S/C22H22N4O3/c1-28-19-7-6-15(12-20(19)29-2)22(27)26-18-5-3-4-17-16(18)13-24-21(25-17)14-8-10-23-11-9-14/h6-13,18H,3-5H2,1-2H3,(H,26,27). The summed E-state index contributed by atoms with van der Waals surface area (Å²) in [6.07, 6.45) is 7.96. The van der Waals surface area contributed by atoms with Crippen LogP contribution in [0.5, 0.6) is 11.5 Å². The van der Waals surface area contributed by atoms with Crippen LogP contribution in [0, 0.1) is 0 Å².